The highest BCUT2D eigenvalue weighted by Gasteiger charge is 1.94. The summed E-state index contributed by atoms with van der Waals surface area (Å²) < 4.78 is 4.62. The molecule has 0 bridgehead atoms. The van der Waals surface area contributed by atoms with E-state index in [0.717, 1.165) is 5.56 Å². The highest BCUT2D eigenvalue weighted by molar-refractivity contribution is 5.31. The first-order valence-electron chi connectivity index (χ1n) is 2.87. The summed E-state index contributed by atoms with van der Waals surface area (Å²) in [6.45, 7) is 1.86. The minimum absolute atomic E-state index is 0.598. The van der Waals surface area contributed by atoms with Crippen LogP contribution in [0.15, 0.2) is 18.2 Å². The zero-order valence-electron chi connectivity index (χ0n) is 5.59. The molecule has 0 N–H and O–H groups in total. The van der Waals surface area contributed by atoms with E-state index >= 15 is 0 Å². The molecule has 0 heterocycles. The Labute approximate surface area is 59.7 Å². The molecule has 1 radical (unpaired) electrons. The molecule has 1 rings (SSSR count). The molecule has 0 spiro atoms. The van der Waals surface area contributed by atoms with Crippen molar-refractivity contribution in [2.75, 3.05) is 0 Å². The van der Waals surface area contributed by atoms with Crippen LogP contribution in [-0.2, 0) is 0 Å². The lowest BCUT2D eigenvalue weighted by Gasteiger charge is -1.97. The Hall–Kier alpha value is -1.49. The van der Waals surface area contributed by atoms with Crippen LogP contribution in [0.3, 0.4) is 0 Å². The van der Waals surface area contributed by atoms with Crippen LogP contribution in [0, 0.1) is 24.5 Å². The number of nitrogens with zero attached hydrogens (tertiary/aromatic N) is 1. The predicted octanol–water partition coefficient (Wildman–Crippen LogP) is 1.66. The normalized spacial score (nSPS) is 8.40. The first-order chi connectivity index (χ1) is 4.84. The second-order valence-corrected chi connectivity index (χ2v) is 1.88. The topological polar surface area (TPSA) is 33.0 Å². The van der Waals surface area contributed by atoms with Crippen LogP contribution in [0.5, 0.6) is 5.75 Å². The maximum Gasteiger partial charge on any atom is 0.292 e. The summed E-state index contributed by atoms with van der Waals surface area (Å²) in [5, 5.41) is 8.16. The SMILES string of the molecule is Cc1c[c]ccc1OC#N. The van der Waals surface area contributed by atoms with E-state index in [1.807, 2.05) is 6.92 Å². The Morgan fingerprint density at radius 3 is 3.10 bits per heavy atom. The van der Waals surface area contributed by atoms with Gasteiger partial charge in [0, 0.05) is 0 Å². The lowest BCUT2D eigenvalue weighted by molar-refractivity contribution is 0.503. The van der Waals surface area contributed by atoms with E-state index in [0.29, 0.717) is 5.75 Å². The average Bonchev–Trinajstić information content (AvgIpc) is 1.94. The second kappa shape index (κ2) is 2.88. The van der Waals surface area contributed by atoms with Crippen LogP contribution < -0.4 is 4.74 Å². The zero-order chi connectivity index (χ0) is 7.40. The third kappa shape index (κ3) is 1.26. The molecule has 2 heteroatoms. The molecular weight excluding hydrogens is 126 g/mol. The summed E-state index contributed by atoms with van der Waals surface area (Å²) in [5.41, 5.74) is 0.920. The van der Waals surface area contributed by atoms with E-state index in [-0.39, 0.29) is 0 Å². The molecule has 0 unspecified atom stereocenters. The fourth-order valence-electron chi connectivity index (χ4n) is 0.663. The van der Waals surface area contributed by atoms with Crippen LogP contribution in [0.2, 0.25) is 0 Å². The van der Waals surface area contributed by atoms with E-state index in [4.69, 9.17) is 5.26 Å². The summed E-state index contributed by atoms with van der Waals surface area (Å²) in [6.07, 6.45) is 1.61. The van der Waals surface area contributed by atoms with E-state index in [1.54, 1.807) is 24.5 Å². The second-order valence-electron chi connectivity index (χ2n) is 1.88. The lowest BCUT2D eigenvalue weighted by Crippen LogP contribution is -1.84. The maximum absolute atomic E-state index is 8.16. The molecule has 0 amide bonds. The van der Waals surface area contributed by atoms with Crippen LogP contribution >= 0.6 is 0 Å². The third-order valence-electron chi connectivity index (χ3n) is 1.18. The minimum Gasteiger partial charge on any atom is -0.388 e. The number of hydrogen-bond acceptors (Lipinski definition) is 2. The van der Waals surface area contributed by atoms with Gasteiger partial charge in [0.2, 0.25) is 0 Å². The van der Waals surface area contributed by atoms with Crippen LogP contribution in [-0.4, -0.2) is 0 Å². The summed E-state index contributed by atoms with van der Waals surface area (Å²) in [5.74, 6) is 0.598. The van der Waals surface area contributed by atoms with Crippen molar-refractivity contribution >= 4 is 0 Å². The first-order valence-corrected chi connectivity index (χ1v) is 2.87. The van der Waals surface area contributed by atoms with Crippen molar-refractivity contribution < 1.29 is 4.74 Å². The average molecular weight is 132 g/mol. The summed E-state index contributed by atoms with van der Waals surface area (Å²) in [4.78, 5) is 0. The van der Waals surface area contributed by atoms with Crippen LogP contribution in [0.1, 0.15) is 5.56 Å². The Balaban J connectivity index is 2.94. The minimum atomic E-state index is 0.598. The van der Waals surface area contributed by atoms with Gasteiger partial charge in [-0.1, -0.05) is 6.07 Å². The molecule has 0 atom stereocenters. The van der Waals surface area contributed by atoms with Gasteiger partial charge in [0.25, 0.3) is 6.26 Å². The molecule has 0 fully saturated rings. The smallest absolute Gasteiger partial charge is 0.292 e. The van der Waals surface area contributed by atoms with Gasteiger partial charge in [-0.05, 0) is 30.7 Å². The van der Waals surface area contributed by atoms with Gasteiger partial charge >= 0.3 is 0 Å². The molecule has 0 aliphatic carbocycles. The molecule has 0 aromatic heterocycles. The highest BCUT2D eigenvalue weighted by Crippen LogP contribution is 2.14. The molecular formula is C8H6NO. The molecule has 0 saturated carbocycles. The molecule has 10 heavy (non-hydrogen) atoms. The highest BCUT2D eigenvalue weighted by atomic mass is 16.5. The van der Waals surface area contributed by atoms with Crippen molar-refractivity contribution in [2.24, 2.45) is 0 Å². The monoisotopic (exact) mass is 132 g/mol. The zero-order valence-corrected chi connectivity index (χ0v) is 5.59. The molecule has 0 aliphatic rings. The van der Waals surface area contributed by atoms with Crippen molar-refractivity contribution in [3.05, 3.63) is 29.8 Å². The number of aryl methyl sites for hydroxylation is 1. The van der Waals surface area contributed by atoms with Gasteiger partial charge in [-0.15, -0.1) is 5.26 Å². The predicted molar refractivity (Wildman–Crippen MR) is 36.3 cm³/mol. The van der Waals surface area contributed by atoms with Gasteiger partial charge in [0.05, 0.1) is 0 Å². The molecule has 2 nitrogen and oxygen atoms in total. The van der Waals surface area contributed by atoms with Crippen molar-refractivity contribution in [1.29, 1.82) is 5.26 Å². The van der Waals surface area contributed by atoms with E-state index in [2.05, 4.69) is 10.8 Å². The van der Waals surface area contributed by atoms with Gasteiger partial charge in [-0.3, -0.25) is 0 Å². The number of ether oxygens (including phenoxy) is 1. The molecule has 1 aromatic rings. The number of nitriles is 1. The lowest BCUT2D eigenvalue weighted by atomic mass is 10.2. The van der Waals surface area contributed by atoms with E-state index < -0.39 is 0 Å². The fourth-order valence-corrected chi connectivity index (χ4v) is 0.663. The first kappa shape index (κ1) is 6.63. The van der Waals surface area contributed by atoms with Gasteiger partial charge in [0.15, 0.2) is 0 Å². The van der Waals surface area contributed by atoms with Crippen LogP contribution in [0.25, 0.3) is 0 Å². The summed E-state index contributed by atoms with van der Waals surface area (Å²) in [7, 11) is 0. The maximum atomic E-state index is 8.16. The number of benzene rings is 1. The molecule has 0 saturated heterocycles. The van der Waals surface area contributed by atoms with Gasteiger partial charge < -0.3 is 4.74 Å². The Bertz CT molecular complexity index is 262. The summed E-state index contributed by atoms with van der Waals surface area (Å²) >= 11 is 0. The number of hydrogen-bond donors (Lipinski definition) is 0. The number of rotatable bonds is 1. The Morgan fingerprint density at radius 1 is 1.70 bits per heavy atom. The summed E-state index contributed by atoms with van der Waals surface area (Å²) in [6, 6.07) is 8.06. The van der Waals surface area contributed by atoms with Crippen molar-refractivity contribution in [1.82, 2.24) is 0 Å². The molecule has 1 aromatic carbocycles. The van der Waals surface area contributed by atoms with Crippen molar-refractivity contribution in [2.45, 2.75) is 6.92 Å². The van der Waals surface area contributed by atoms with Crippen molar-refractivity contribution in [3.8, 4) is 12.0 Å². The van der Waals surface area contributed by atoms with Gasteiger partial charge in [0.1, 0.15) is 5.75 Å². The third-order valence-corrected chi connectivity index (χ3v) is 1.18. The largest absolute Gasteiger partial charge is 0.388 e. The van der Waals surface area contributed by atoms with Crippen molar-refractivity contribution in [3.63, 3.8) is 0 Å². The van der Waals surface area contributed by atoms with Crippen LogP contribution in [0.4, 0.5) is 0 Å². The van der Waals surface area contributed by atoms with E-state index in [9.17, 15) is 0 Å². The quantitative estimate of drug-likeness (QED) is 0.544. The Kier molecular flexibility index (Phi) is 1.91. The fraction of sp³-hybridized carbons (Fsp3) is 0.125. The molecule has 49 valence electrons. The van der Waals surface area contributed by atoms with E-state index in [1.165, 1.54) is 0 Å². The van der Waals surface area contributed by atoms with Gasteiger partial charge in [-0.2, -0.15) is 0 Å². The Morgan fingerprint density at radius 2 is 2.50 bits per heavy atom. The van der Waals surface area contributed by atoms with Gasteiger partial charge in [-0.25, -0.2) is 0 Å². The molecule has 0 aliphatic heterocycles. The standard InChI is InChI=1S/C8H6NO/c1-7-4-2-3-5-8(7)10-6-9/h3-5H,1H3.